The summed E-state index contributed by atoms with van der Waals surface area (Å²) in [6.45, 7) is 2.84. The summed E-state index contributed by atoms with van der Waals surface area (Å²) in [5.41, 5.74) is 0.103. The van der Waals surface area contributed by atoms with Gasteiger partial charge < -0.3 is 9.80 Å². The summed E-state index contributed by atoms with van der Waals surface area (Å²) >= 11 is 0. The number of hydrogen-bond donors (Lipinski definition) is 0. The molecule has 2 atom stereocenters. The van der Waals surface area contributed by atoms with Gasteiger partial charge in [0.25, 0.3) is 5.91 Å². The van der Waals surface area contributed by atoms with Crippen LogP contribution in [0.2, 0.25) is 0 Å². The summed E-state index contributed by atoms with van der Waals surface area (Å²) in [7, 11) is 0. The van der Waals surface area contributed by atoms with Gasteiger partial charge in [-0.15, -0.1) is 0 Å². The van der Waals surface area contributed by atoms with Gasteiger partial charge in [-0.3, -0.25) is 14.5 Å². The van der Waals surface area contributed by atoms with E-state index in [4.69, 9.17) is 0 Å². The first-order chi connectivity index (χ1) is 11.0. The lowest BCUT2D eigenvalue weighted by molar-refractivity contribution is -0.133. The largest absolute Gasteiger partial charge is 0.328 e. The van der Waals surface area contributed by atoms with Crippen molar-refractivity contribution in [1.82, 2.24) is 9.80 Å². The number of benzene rings is 1. The van der Waals surface area contributed by atoms with Gasteiger partial charge in [-0.05, 0) is 31.9 Å². The minimum absolute atomic E-state index is 0.0426. The van der Waals surface area contributed by atoms with Gasteiger partial charge in [0.15, 0.2) is 0 Å². The Kier molecular flexibility index (Phi) is 2.98. The van der Waals surface area contributed by atoms with Crippen molar-refractivity contribution in [2.24, 2.45) is 0 Å². The molecule has 6 heteroatoms. The van der Waals surface area contributed by atoms with E-state index in [-0.39, 0.29) is 30.3 Å². The summed E-state index contributed by atoms with van der Waals surface area (Å²) in [5.74, 6) is -0.188. The summed E-state index contributed by atoms with van der Waals surface area (Å²) in [5, 5.41) is 0. The Labute approximate surface area is 134 Å². The van der Waals surface area contributed by atoms with E-state index >= 15 is 0 Å². The zero-order valence-electron chi connectivity index (χ0n) is 13.1. The maximum absolute atomic E-state index is 12.8. The average molecular weight is 313 g/mol. The smallest absolute Gasteiger partial charge is 0.310 e. The van der Waals surface area contributed by atoms with Crippen molar-refractivity contribution in [3.8, 4) is 0 Å². The Bertz CT molecular complexity index is 690. The highest BCUT2D eigenvalue weighted by Crippen LogP contribution is 2.39. The number of anilines is 1. The fraction of sp³-hybridized carbons (Fsp3) is 0.471. The number of amides is 4. The number of carbonyl (C=O) groups is 3. The molecule has 0 spiro atoms. The van der Waals surface area contributed by atoms with Crippen molar-refractivity contribution in [3.05, 3.63) is 30.3 Å². The number of carbonyl (C=O) groups excluding carboxylic acids is 3. The maximum atomic E-state index is 12.8. The van der Waals surface area contributed by atoms with E-state index in [1.54, 1.807) is 9.80 Å². The second kappa shape index (κ2) is 4.81. The third-order valence-electron chi connectivity index (χ3n) is 5.30. The normalized spacial score (nSPS) is 30.6. The van der Waals surface area contributed by atoms with Crippen LogP contribution >= 0.6 is 0 Å². The summed E-state index contributed by atoms with van der Waals surface area (Å²) in [6, 6.07) is 8.77. The lowest BCUT2D eigenvalue weighted by Crippen LogP contribution is -2.45. The molecule has 120 valence electrons. The fourth-order valence-electron chi connectivity index (χ4n) is 4.01. The van der Waals surface area contributed by atoms with Gasteiger partial charge >= 0.3 is 6.03 Å². The average Bonchev–Trinajstić information content (AvgIpc) is 3.16. The van der Waals surface area contributed by atoms with Crippen molar-refractivity contribution in [1.29, 1.82) is 0 Å². The van der Waals surface area contributed by atoms with Crippen LogP contribution in [0.4, 0.5) is 10.5 Å². The van der Waals surface area contributed by atoms with E-state index in [9.17, 15) is 14.4 Å². The van der Waals surface area contributed by atoms with E-state index in [1.165, 1.54) is 4.90 Å². The number of para-hydroxylation sites is 1. The van der Waals surface area contributed by atoms with E-state index in [1.807, 2.05) is 37.3 Å². The van der Waals surface area contributed by atoms with Crippen LogP contribution in [0.5, 0.6) is 0 Å². The quantitative estimate of drug-likeness (QED) is 0.779. The van der Waals surface area contributed by atoms with Crippen LogP contribution in [0.25, 0.3) is 0 Å². The van der Waals surface area contributed by atoms with Crippen LogP contribution in [0.1, 0.15) is 26.2 Å². The highest BCUT2D eigenvalue weighted by Gasteiger charge is 2.59. The minimum Gasteiger partial charge on any atom is -0.310 e. The summed E-state index contributed by atoms with van der Waals surface area (Å²) in [4.78, 5) is 42.4. The molecule has 23 heavy (non-hydrogen) atoms. The number of imide groups is 1. The van der Waals surface area contributed by atoms with Gasteiger partial charge in [0.1, 0.15) is 5.54 Å². The van der Waals surface area contributed by atoms with Crippen molar-refractivity contribution < 1.29 is 14.4 Å². The molecule has 3 heterocycles. The molecular formula is C17H19N3O3. The molecule has 3 saturated heterocycles. The zero-order chi connectivity index (χ0) is 16.2. The molecule has 3 aliphatic heterocycles. The molecule has 4 amide bonds. The first-order valence-electron chi connectivity index (χ1n) is 8.03. The molecule has 4 rings (SSSR count). The topological polar surface area (TPSA) is 60.9 Å². The van der Waals surface area contributed by atoms with Gasteiger partial charge in [0.05, 0.1) is 6.04 Å². The van der Waals surface area contributed by atoms with Gasteiger partial charge in [0.2, 0.25) is 5.91 Å². The monoisotopic (exact) mass is 313 g/mol. The first-order valence-corrected chi connectivity index (χ1v) is 8.03. The van der Waals surface area contributed by atoms with E-state index in [0.717, 1.165) is 12.1 Å². The highest BCUT2D eigenvalue weighted by atomic mass is 16.2. The van der Waals surface area contributed by atoms with Crippen LogP contribution < -0.4 is 4.90 Å². The first kappa shape index (κ1) is 14.2. The molecule has 0 bridgehead atoms. The van der Waals surface area contributed by atoms with E-state index < -0.39 is 5.54 Å². The molecule has 6 nitrogen and oxygen atoms in total. The molecule has 3 aliphatic rings. The van der Waals surface area contributed by atoms with Gasteiger partial charge in [0, 0.05) is 25.2 Å². The molecular weight excluding hydrogens is 294 g/mol. The lowest BCUT2D eigenvalue weighted by atomic mass is 9.99. The van der Waals surface area contributed by atoms with Crippen molar-refractivity contribution in [3.63, 3.8) is 0 Å². The molecule has 0 aromatic heterocycles. The molecule has 0 unspecified atom stereocenters. The molecule has 1 aromatic carbocycles. The fourth-order valence-corrected chi connectivity index (χ4v) is 4.01. The van der Waals surface area contributed by atoms with E-state index in [2.05, 4.69) is 0 Å². The molecule has 0 radical (unpaired) electrons. The Morgan fingerprint density at radius 1 is 1.13 bits per heavy atom. The van der Waals surface area contributed by atoms with Crippen LogP contribution in [-0.4, -0.2) is 52.3 Å². The summed E-state index contributed by atoms with van der Waals surface area (Å²) in [6.07, 6.45) is 1.77. The zero-order valence-corrected chi connectivity index (χ0v) is 13.1. The SMILES string of the molecule is C[C@@]12CCCN1C(=O)N([C@@H]1CC(=O)N(c3ccccc3)C1)C2=O. The molecule has 0 N–H and O–H groups in total. The Hall–Kier alpha value is -2.37. The van der Waals surface area contributed by atoms with Crippen molar-refractivity contribution >= 4 is 23.5 Å². The standard InChI is InChI=1S/C17H19N3O3/c1-17-8-5-9-19(17)16(23)20(15(17)22)13-10-14(21)18(11-13)12-6-3-2-4-7-12/h2-4,6-7,13H,5,8-11H2,1H3/t13-,17+/m1/s1. The van der Waals surface area contributed by atoms with Gasteiger partial charge in [-0.1, -0.05) is 18.2 Å². The third kappa shape index (κ3) is 1.90. The van der Waals surface area contributed by atoms with Gasteiger partial charge in [-0.2, -0.15) is 0 Å². The minimum atomic E-state index is -0.708. The van der Waals surface area contributed by atoms with Crippen LogP contribution in [0.3, 0.4) is 0 Å². The van der Waals surface area contributed by atoms with Crippen LogP contribution in [0.15, 0.2) is 30.3 Å². The number of rotatable bonds is 2. The number of urea groups is 1. The number of nitrogens with zero attached hydrogens (tertiary/aromatic N) is 3. The molecule has 0 aliphatic carbocycles. The maximum Gasteiger partial charge on any atom is 0.328 e. The number of fused-ring (bicyclic) bond motifs is 1. The van der Waals surface area contributed by atoms with Crippen molar-refractivity contribution in [2.45, 2.75) is 37.8 Å². The Morgan fingerprint density at radius 3 is 2.57 bits per heavy atom. The lowest BCUT2D eigenvalue weighted by Gasteiger charge is -2.23. The van der Waals surface area contributed by atoms with Gasteiger partial charge in [-0.25, -0.2) is 4.79 Å². The molecule has 3 fully saturated rings. The molecule has 1 aromatic rings. The Balaban J connectivity index is 1.60. The highest BCUT2D eigenvalue weighted by molar-refractivity contribution is 6.08. The van der Waals surface area contributed by atoms with Crippen LogP contribution in [0, 0.1) is 0 Å². The predicted molar refractivity (Wildman–Crippen MR) is 83.8 cm³/mol. The second-order valence-electron chi connectivity index (χ2n) is 6.68. The van der Waals surface area contributed by atoms with Crippen LogP contribution in [-0.2, 0) is 9.59 Å². The second-order valence-corrected chi connectivity index (χ2v) is 6.68. The predicted octanol–water partition coefficient (Wildman–Crippen LogP) is 1.61. The van der Waals surface area contributed by atoms with E-state index in [0.29, 0.717) is 19.5 Å². The number of hydrogen-bond acceptors (Lipinski definition) is 3. The Morgan fingerprint density at radius 2 is 1.87 bits per heavy atom. The van der Waals surface area contributed by atoms with Crippen molar-refractivity contribution in [2.75, 3.05) is 18.0 Å². The third-order valence-corrected chi connectivity index (χ3v) is 5.30. The summed E-state index contributed by atoms with van der Waals surface area (Å²) < 4.78 is 0. The molecule has 0 saturated carbocycles.